The fraction of sp³-hybridized carbons (Fsp3) is 0.545. The normalized spacial score (nSPS) is 17.3. The van der Waals surface area contributed by atoms with E-state index in [-0.39, 0.29) is 31.2 Å². The monoisotopic (exact) mass is 610 g/mol. The molecule has 2 aliphatic carbocycles. The second-order valence-electron chi connectivity index (χ2n) is 11.9. The van der Waals surface area contributed by atoms with Crippen LogP contribution in [-0.4, -0.2) is 60.3 Å². The van der Waals surface area contributed by atoms with Gasteiger partial charge in [-0.1, -0.05) is 55.8 Å². The third-order valence-electron chi connectivity index (χ3n) is 8.62. The Morgan fingerprint density at radius 2 is 1.88 bits per heavy atom. The Morgan fingerprint density at radius 1 is 1.14 bits per heavy atom. The van der Waals surface area contributed by atoms with Crippen LogP contribution in [0.3, 0.4) is 0 Å². The molecule has 0 saturated heterocycles. The Hall–Kier alpha value is -3.46. The zero-order valence-electron chi connectivity index (χ0n) is 24.9. The number of carbonyl (C=O) groups excluding carboxylic acids is 4. The van der Waals surface area contributed by atoms with Crippen molar-refractivity contribution < 1.29 is 23.9 Å². The highest BCUT2D eigenvalue weighted by atomic mass is 35.5. The van der Waals surface area contributed by atoms with Gasteiger partial charge in [-0.05, 0) is 73.4 Å². The molecule has 2 aliphatic rings. The van der Waals surface area contributed by atoms with Crippen molar-refractivity contribution in [3.05, 3.63) is 64.9 Å². The van der Waals surface area contributed by atoms with Crippen molar-refractivity contribution in [2.75, 3.05) is 20.1 Å². The first-order chi connectivity index (χ1) is 20.8. The Kier molecular flexibility index (Phi) is 12.0. The van der Waals surface area contributed by atoms with Crippen LogP contribution in [0.2, 0.25) is 5.02 Å². The van der Waals surface area contributed by atoms with Crippen molar-refractivity contribution in [2.45, 2.75) is 82.3 Å². The molecule has 2 N–H and O–H groups in total. The van der Waals surface area contributed by atoms with E-state index in [9.17, 15) is 19.2 Å². The van der Waals surface area contributed by atoms with Crippen LogP contribution in [0.1, 0.15) is 75.3 Å². The molecular formula is C33H43ClN4O5. The molecule has 2 fully saturated rings. The van der Waals surface area contributed by atoms with E-state index in [2.05, 4.69) is 15.6 Å². The van der Waals surface area contributed by atoms with Gasteiger partial charge in [0.1, 0.15) is 11.9 Å². The molecule has 0 aliphatic heterocycles. The van der Waals surface area contributed by atoms with Gasteiger partial charge in [0, 0.05) is 44.0 Å². The van der Waals surface area contributed by atoms with E-state index >= 15 is 0 Å². The average Bonchev–Trinajstić information content (AvgIpc) is 3.81. The second kappa shape index (κ2) is 15.8. The largest absolute Gasteiger partial charge is 0.438 e. The van der Waals surface area contributed by atoms with E-state index < -0.39 is 23.7 Å². The SMILES string of the molecule is CN(CCc1ccncc1)C(=O)CC[C@@H](C=O)NC(=O)[C@@H](CNC(=O)OC1(c2cccc(Cl)c2)CC1)CC1CCCCC1. The maximum absolute atomic E-state index is 13.4. The van der Waals surface area contributed by atoms with Gasteiger partial charge in [-0.3, -0.25) is 14.6 Å². The highest BCUT2D eigenvalue weighted by Gasteiger charge is 2.48. The topological polar surface area (TPSA) is 118 Å². The van der Waals surface area contributed by atoms with Crippen LogP contribution < -0.4 is 10.6 Å². The van der Waals surface area contributed by atoms with Crippen LogP contribution in [0.25, 0.3) is 0 Å². The number of alkyl carbamates (subject to hydrolysis) is 1. The molecule has 1 heterocycles. The molecule has 0 spiro atoms. The number of ether oxygens (including phenoxy) is 1. The lowest BCUT2D eigenvalue weighted by Crippen LogP contribution is -2.45. The fourth-order valence-corrected chi connectivity index (χ4v) is 5.97. The highest BCUT2D eigenvalue weighted by Crippen LogP contribution is 2.49. The first-order valence-electron chi connectivity index (χ1n) is 15.4. The molecule has 43 heavy (non-hydrogen) atoms. The molecule has 2 aromatic rings. The average molecular weight is 611 g/mol. The number of hydrogen-bond acceptors (Lipinski definition) is 6. The van der Waals surface area contributed by atoms with Gasteiger partial charge in [0.25, 0.3) is 0 Å². The molecule has 232 valence electrons. The molecule has 0 bridgehead atoms. The van der Waals surface area contributed by atoms with Crippen molar-refractivity contribution in [2.24, 2.45) is 11.8 Å². The number of likely N-dealkylation sites (N-methyl/N-ethyl adjacent to an activating group) is 1. The zero-order valence-corrected chi connectivity index (χ0v) is 25.7. The lowest BCUT2D eigenvalue weighted by molar-refractivity contribution is -0.131. The lowest BCUT2D eigenvalue weighted by atomic mass is 9.82. The number of nitrogens with zero attached hydrogens (tertiary/aromatic N) is 2. The van der Waals surface area contributed by atoms with E-state index in [4.69, 9.17) is 16.3 Å². The molecule has 1 aromatic heterocycles. The number of aromatic nitrogens is 1. The van der Waals surface area contributed by atoms with Crippen molar-refractivity contribution in [3.63, 3.8) is 0 Å². The molecule has 0 radical (unpaired) electrons. The van der Waals surface area contributed by atoms with Gasteiger partial charge in [0.15, 0.2) is 0 Å². The van der Waals surface area contributed by atoms with Gasteiger partial charge in [-0.2, -0.15) is 0 Å². The van der Waals surface area contributed by atoms with Crippen molar-refractivity contribution >= 4 is 35.8 Å². The van der Waals surface area contributed by atoms with Gasteiger partial charge in [0.2, 0.25) is 11.8 Å². The van der Waals surface area contributed by atoms with Crippen molar-refractivity contribution in [1.29, 1.82) is 0 Å². The molecular weight excluding hydrogens is 568 g/mol. The number of benzene rings is 1. The number of halogens is 1. The molecule has 3 amide bonds. The van der Waals surface area contributed by atoms with Crippen LogP contribution in [0.15, 0.2) is 48.8 Å². The highest BCUT2D eigenvalue weighted by molar-refractivity contribution is 6.30. The fourth-order valence-electron chi connectivity index (χ4n) is 5.78. The summed E-state index contributed by atoms with van der Waals surface area (Å²) in [7, 11) is 1.74. The number of carbonyl (C=O) groups is 4. The Balaban J connectivity index is 1.28. The number of pyridine rings is 1. The minimum Gasteiger partial charge on any atom is -0.438 e. The van der Waals surface area contributed by atoms with Gasteiger partial charge in [-0.15, -0.1) is 0 Å². The minimum absolute atomic E-state index is 0.0907. The Labute approximate surface area is 259 Å². The van der Waals surface area contributed by atoms with Gasteiger partial charge < -0.3 is 25.1 Å². The number of hydrogen-bond donors (Lipinski definition) is 2. The third-order valence-corrected chi connectivity index (χ3v) is 8.86. The summed E-state index contributed by atoms with van der Waals surface area (Å²) in [5.74, 6) is -0.517. The molecule has 2 saturated carbocycles. The van der Waals surface area contributed by atoms with Gasteiger partial charge in [-0.25, -0.2) is 4.79 Å². The lowest BCUT2D eigenvalue weighted by Gasteiger charge is -2.27. The van der Waals surface area contributed by atoms with Crippen molar-refractivity contribution in [1.82, 2.24) is 20.5 Å². The van der Waals surface area contributed by atoms with Crippen molar-refractivity contribution in [3.8, 4) is 0 Å². The van der Waals surface area contributed by atoms with Crippen LogP contribution in [0.4, 0.5) is 4.79 Å². The maximum atomic E-state index is 13.4. The predicted octanol–water partition coefficient (Wildman–Crippen LogP) is 5.20. The Morgan fingerprint density at radius 3 is 2.56 bits per heavy atom. The summed E-state index contributed by atoms with van der Waals surface area (Å²) >= 11 is 6.14. The molecule has 1 aromatic carbocycles. The summed E-state index contributed by atoms with van der Waals surface area (Å²) < 4.78 is 5.81. The first-order valence-corrected chi connectivity index (χ1v) is 15.8. The van der Waals surface area contributed by atoms with Crippen LogP contribution in [0, 0.1) is 11.8 Å². The van der Waals surface area contributed by atoms with Gasteiger partial charge >= 0.3 is 6.09 Å². The third kappa shape index (κ3) is 10.1. The summed E-state index contributed by atoms with van der Waals surface area (Å²) in [6.07, 6.45) is 12.2. The number of amides is 3. The minimum atomic E-state index is -0.789. The van der Waals surface area contributed by atoms with E-state index in [0.29, 0.717) is 49.5 Å². The maximum Gasteiger partial charge on any atom is 0.408 e. The molecule has 10 heteroatoms. The zero-order chi connectivity index (χ0) is 30.7. The standard InChI is InChI=1S/C33H43ClN4O5/c1-38(19-14-24-12-17-35-18-13-24)30(40)11-10-29(23-39)37-31(41)26(20-25-6-3-2-4-7-25)22-36-32(42)43-33(15-16-33)27-8-5-9-28(34)21-27/h5,8-9,12-13,17-18,21,23,25-26,29H,2-4,6-7,10-11,14-16,19-20,22H2,1H3,(H,36,42)(H,37,41)/t26-,29+/m1/s1. The summed E-state index contributed by atoms with van der Waals surface area (Å²) in [4.78, 5) is 56.5. The van der Waals surface area contributed by atoms with Crippen LogP contribution >= 0.6 is 11.6 Å². The predicted molar refractivity (Wildman–Crippen MR) is 164 cm³/mol. The quantitative estimate of drug-likeness (QED) is 0.268. The van der Waals surface area contributed by atoms with Crippen LogP contribution in [0.5, 0.6) is 0 Å². The van der Waals surface area contributed by atoms with E-state index in [1.807, 2.05) is 30.3 Å². The number of aldehydes is 1. The molecule has 9 nitrogen and oxygen atoms in total. The van der Waals surface area contributed by atoms with E-state index in [1.54, 1.807) is 30.4 Å². The summed E-state index contributed by atoms with van der Waals surface area (Å²) in [6, 6.07) is 10.4. The summed E-state index contributed by atoms with van der Waals surface area (Å²) in [5.41, 5.74) is 1.26. The molecule has 2 atom stereocenters. The van der Waals surface area contributed by atoms with Gasteiger partial charge in [0.05, 0.1) is 12.0 Å². The van der Waals surface area contributed by atoms with E-state index in [1.165, 1.54) is 6.42 Å². The Bertz CT molecular complexity index is 1230. The number of nitrogens with one attached hydrogen (secondary N) is 2. The van der Waals surface area contributed by atoms with E-state index in [0.717, 1.165) is 36.8 Å². The first kappa shape index (κ1) is 32.5. The summed E-state index contributed by atoms with van der Waals surface area (Å²) in [6.45, 7) is 0.653. The smallest absolute Gasteiger partial charge is 0.408 e. The second-order valence-corrected chi connectivity index (χ2v) is 12.4. The molecule has 0 unspecified atom stereocenters. The van der Waals surface area contributed by atoms with Crippen LogP contribution in [-0.2, 0) is 31.1 Å². The summed E-state index contributed by atoms with van der Waals surface area (Å²) in [5, 5.41) is 6.23. The molecule has 4 rings (SSSR count). The number of rotatable bonds is 15.